The summed E-state index contributed by atoms with van der Waals surface area (Å²) in [6.07, 6.45) is 0.822. The van der Waals surface area contributed by atoms with Gasteiger partial charge >= 0.3 is 0 Å². The first-order valence-electron chi connectivity index (χ1n) is 1.67. The molecule has 0 bridgehead atoms. The number of carbonyl (C=O) groups is 1. The van der Waals surface area contributed by atoms with E-state index in [0.717, 1.165) is 6.21 Å². The van der Waals surface area contributed by atoms with Crippen LogP contribution in [-0.4, -0.2) is 12.1 Å². The van der Waals surface area contributed by atoms with Crippen molar-refractivity contribution in [3.8, 4) is 0 Å². The molecular formula is C4H6N2O. The number of amides is 1. The Kier molecular flexibility index (Phi) is 1.78. The number of nitrogens with one attached hydrogen (secondary N) is 1. The zero-order valence-electron chi connectivity index (χ0n) is 3.77. The molecule has 0 spiro atoms. The van der Waals surface area contributed by atoms with Gasteiger partial charge < -0.3 is 11.1 Å². The van der Waals surface area contributed by atoms with E-state index in [2.05, 4.69) is 12.3 Å². The van der Waals surface area contributed by atoms with Crippen LogP contribution in [0.2, 0.25) is 0 Å². The smallest absolute Gasteiger partial charge is 0.249 e. The lowest BCUT2D eigenvalue weighted by Gasteiger charge is -1.83. The summed E-state index contributed by atoms with van der Waals surface area (Å²) in [7, 11) is 0. The van der Waals surface area contributed by atoms with Crippen LogP contribution in [0, 0.1) is 5.41 Å². The van der Waals surface area contributed by atoms with Crippen LogP contribution in [0.4, 0.5) is 0 Å². The highest BCUT2D eigenvalue weighted by Crippen LogP contribution is 1.76. The van der Waals surface area contributed by atoms with Gasteiger partial charge in [0, 0.05) is 11.8 Å². The predicted molar refractivity (Wildman–Crippen MR) is 27.1 cm³/mol. The fourth-order valence-corrected chi connectivity index (χ4v) is 0.0711. The van der Waals surface area contributed by atoms with Gasteiger partial charge in [-0.25, -0.2) is 0 Å². The Balaban J connectivity index is 3.81. The van der Waals surface area contributed by atoms with Gasteiger partial charge in [-0.05, 0) is 0 Å². The van der Waals surface area contributed by atoms with E-state index in [1.807, 2.05) is 0 Å². The number of carbonyl (C=O) groups excluding carboxylic acids is 1. The maximum absolute atomic E-state index is 9.90. The molecule has 0 aliphatic rings. The summed E-state index contributed by atoms with van der Waals surface area (Å²) in [6.45, 7) is 3.16. The Morgan fingerprint density at radius 1 is 1.86 bits per heavy atom. The molecule has 0 aromatic carbocycles. The molecule has 0 aliphatic heterocycles. The highest BCUT2D eigenvalue weighted by Gasteiger charge is 1.91. The molecule has 3 N–H and O–H groups in total. The molecule has 0 saturated heterocycles. The van der Waals surface area contributed by atoms with Crippen LogP contribution < -0.4 is 5.73 Å². The summed E-state index contributed by atoms with van der Waals surface area (Å²) in [5.74, 6) is -0.644. The van der Waals surface area contributed by atoms with E-state index in [1.54, 1.807) is 0 Å². The van der Waals surface area contributed by atoms with Gasteiger partial charge in [-0.2, -0.15) is 0 Å². The van der Waals surface area contributed by atoms with Crippen molar-refractivity contribution >= 4 is 12.1 Å². The first-order valence-corrected chi connectivity index (χ1v) is 1.67. The lowest BCUT2D eigenvalue weighted by atomic mass is 10.3. The van der Waals surface area contributed by atoms with Crippen molar-refractivity contribution in [3.63, 3.8) is 0 Å². The van der Waals surface area contributed by atoms with Crippen LogP contribution >= 0.6 is 0 Å². The van der Waals surface area contributed by atoms with E-state index in [-0.39, 0.29) is 5.57 Å². The van der Waals surface area contributed by atoms with Gasteiger partial charge in [-0.15, -0.1) is 0 Å². The maximum atomic E-state index is 9.90. The van der Waals surface area contributed by atoms with Crippen molar-refractivity contribution < 1.29 is 4.79 Å². The molecule has 7 heavy (non-hydrogen) atoms. The Bertz CT molecular complexity index is 117. The number of nitrogens with two attached hydrogens (primary N) is 1. The van der Waals surface area contributed by atoms with Crippen molar-refractivity contribution in [2.45, 2.75) is 0 Å². The van der Waals surface area contributed by atoms with Gasteiger partial charge in [0.1, 0.15) is 0 Å². The lowest BCUT2D eigenvalue weighted by Crippen LogP contribution is -2.13. The lowest BCUT2D eigenvalue weighted by molar-refractivity contribution is -0.114. The van der Waals surface area contributed by atoms with Crippen molar-refractivity contribution in [2.24, 2.45) is 5.73 Å². The second kappa shape index (κ2) is 2.12. The summed E-state index contributed by atoms with van der Waals surface area (Å²) in [4.78, 5) is 9.90. The first-order chi connectivity index (χ1) is 3.18. The molecular weight excluding hydrogens is 92.1 g/mol. The molecule has 1 amide bonds. The fourth-order valence-electron chi connectivity index (χ4n) is 0.0711. The molecule has 3 heteroatoms. The van der Waals surface area contributed by atoms with E-state index >= 15 is 0 Å². The van der Waals surface area contributed by atoms with Gasteiger partial charge in [-0.3, -0.25) is 4.79 Å². The van der Waals surface area contributed by atoms with Crippen molar-refractivity contribution in [2.75, 3.05) is 0 Å². The minimum Gasteiger partial charge on any atom is -0.366 e. The molecule has 0 atom stereocenters. The SMILES string of the molecule is C=C(C=N)C(N)=O. The molecule has 0 fully saturated rings. The molecule has 0 saturated carbocycles. The highest BCUT2D eigenvalue weighted by atomic mass is 16.1. The predicted octanol–water partition coefficient (Wildman–Crippen LogP) is -0.323. The van der Waals surface area contributed by atoms with Gasteiger partial charge in [0.05, 0.1) is 0 Å². The molecule has 0 unspecified atom stereocenters. The van der Waals surface area contributed by atoms with Crippen LogP contribution in [0.5, 0.6) is 0 Å². The minimum absolute atomic E-state index is 0.0278. The number of hydrogen-bond acceptors (Lipinski definition) is 2. The summed E-state index contributed by atoms with van der Waals surface area (Å²) >= 11 is 0. The monoisotopic (exact) mass is 98.0 g/mol. The van der Waals surface area contributed by atoms with Crippen LogP contribution in [0.3, 0.4) is 0 Å². The maximum Gasteiger partial charge on any atom is 0.249 e. The quantitative estimate of drug-likeness (QED) is 0.360. The third-order valence-electron chi connectivity index (χ3n) is 0.491. The molecule has 0 heterocycles. The molecule has 38 valence electrons. The molecule has 0 aromatic heterocycles. The standard InChI is InChI=1S/C4H6N2O/c1-3(2-5)4(6)7/h2,5H,1H2,(H2,6,7). The van der Waals surface area contributed by atoms with E-state index in [4.69, 9.17) is 5.41 Å². The average molecular weight is 98.1 g/mol. The minimum atomic E-state index is -0.644. The zero-order chi connectivity index (χ0) is 5.86. The number of rotatable bonds is 2. The number of primary amides is 1. The second-order valence-corrected chi connectivity index (χ2v) is 1.03. The Labute approximate surface area is 41.3 Å². The van der Waals surface area contributed by atoms with E-state index in [0.29, 0.717) is 0 Å². The third-order valence-corrected chi connectivity index (χ3v) is 0.491. The normalized spacial score (nSPS) is 7.43. The molecule has 0 aromatic rings. The van der Waals surface area contributed by atoms with Gasteiger partial charge in [0.2, 0.25) is 5.91 Å². The Morgan fingerprint density at radius 3 is 2.29 bits per heavy atom. The highest BCUT2D eigenvalue weighted by molar-refractivity contribution is 6.09. The molecule has 0 aliphatic carbocycles. The summed E-state index contributed by atoms with van der Waals surface area (Å²) < 4.78 is 0. The van der Waals surface area contributed by atoms with Gasteiger partial charge in [-0.1, -0.05) is 6.58 Å². The molecule has 0 radical (unpaired) electrons. The zero-order valence-corrected chi connectivity index (χ0v) is 3.77. The number of hydrogen-bond donors (Lipinski definition) is 2. The van der Waals surface area contributed by atoms with Crippen molar-refractivity contribution in [1.29, 1.82) is 5.41 Å². The van der Waals surface area contributed by atoms with Crippen LogP contribution in [-0.2, 0) is 4.79 Å². The van der Waals surface area contributed by atoms with Gasteiger partial charge in [0.25, 0.3) is 0 Å². The Hall–Kier alpha value is -1.12. The van der Waals surface area contributed by atoms with E-state index in [9.17, 15) is 4.79 Å². The largest absolute Gasteiger partial charge is 0.366 e. The van der Waals surface area contributed by atoms with E-state index in [1.165, 1.54) is 0 Å². The van der Waals surface area contributed by atoms with Crippen LogP contribution in [0.15, 0.2) is 12.2 Å². The topological polar surface area (TPSA) is 66.9 Å². The van der Waals surface area contributed by atoms with Crippen LogP contribution in [0.1, 0.15) is 0 Å². The summed E-state index contributed by atoms with van der Waals surface area (Å²) in [5, 5.41) is 6.41. The van der Waals surface area contributed by atoms with Crippen LogP contribution in [0.25, 0.3) is 0 Å². The van der Waals surface area contributed by atoms with Crippen molar-refractivity contribution in [1.82, 2.24) is 0 Å². The molecule has 3 nitrogen and oxygen atoms in total. The van der Waals surface area contributed by atoms with Crippen molar-refractivity contribution in [3.05, 3.63) is 12.2 Å². The third kappa shape index (κ3) is 1.70. The summed E-state index contributed by atoms with van der Waals surface area (Å²) in [5.41, 5.74) is 4.68. The molecule has 0 rings (SSSR count). The van der Waals surface area contributed by atoms with E-state index < -0.39 is 5.91 Å². The summed E-state index contributed by atoms with van der Waals surface area (Å²) in [6, 6.07) is 0. The van der Waals surface area contributed by atoms with Gasteiger partial charge in [0.15, 0.2) is 0 Å². The first kappa shape index (κ1) is 5.88. The Morgan fingerprint density at radius 2 is 2.29 bits per heavy atom. The fraction of sp³-hybridized carbons (Fsp3) is 0. The second-order valence-electron chi connectivity index (χ2n) is 1.03. The average Bonchev–Trinajstić information content (AvgIpc) is 1.65.